The van der Waals surface area contributed by atoms with E-state index in [-0.39, 0.29) is 22.2 Å². The highest BCUT2D eigenvalue weighted by Gasteiger charge is 2.16. The Balaban J connectivity index is 2.36. The van der Waals surface area contributed by atoms with Gasteiger partial charge in [0.25, 0.3) is 10.0 Å². The first-order valence-electron chi connectivity index (χ1n) is 6.01. The van der Waals surface area contributed by atoms with Gasteiger partial charge < -0.3 is 5.11 Å². The number of rotatable bonds is 4. The number of hydrogen-bond donors (Lipinski definition) is 2. The zero-order valence-electron chi connectivity index (χ0n) is 11.1. The summed E-state index contributed by atoms with van der Waals surface area (Å²) in [5.41, 5.74) is 1.16. The molecule has 0 aliphatic heterocycles. The lowest BCUT2D eigenvalue weighted by Crippen LogP contribution is -2.13. The molecule has 112 valence electrons. The van der Waals surface area contributed by atoms with Crippen molar-refractivity contribution in [1.29, 1.82) is 0 Å². The Labute approximate surface area is 127 Å². The normalized spacial score (nSPS) is 11.4. The van der Waals surface area contributed by atoms with Crippen molar-refractivity contribution in [1.82, 2.24) is 0 Å². The van der Waals surface area contributed by atoms with Gasteiger partial charge in [0.15, 0.2) is 0 Å². The largest absolute Gasteiger partial charge is 0.392 e. The molecule has 0 saturated carbocycles. The van der Waals surface area contributed by atoms with Crippen molar-refractivity contribution >= 4 is 27.3 Å². The van der Waals surface area contributed by atoms with Gasteiger partial charge in [-0.15, -0.1) is 0 Å². The van der Waals surface area contributed by atoms with Crippen LogP contribution in [0.3, 0.4) is 0 Å². The quantitative estimate of drug-likeness (QED) is 0.906. The number of hydrogen-bond acceptors (Lipinski definition) is 3. The van der Waals surface area contributed by atoms with E-state index in [0.717, 1.165) is 6.07 Å². The maximum absolute atomic E-state index is 13.3. The third-order valence-corrected chi connectivity index (χ3v) is 4.53. The predicted octanol–water partition coefficient (Wildman–Crippen LogP) is 3.08. The van der Waals surface area contributed by atoms with Gasteiger partial charge in [-0.05, 0) is 48.4 Å². The number of nitrogens with one attached hydrogen (secondary N) is 1. The monoisotopic (exact) mass is 329 g/mol. The Morgan fingerprint density at radius 3 is 2.52 bits per heavy atom. The summed E-state index contributed by atoms with van der Waals surface area (Å²) in [6, 6.07) is 7.89. The topological polar surface area (TPSA) is 66.4 Å². The molecule has 0 fully saturated rings. The lowest BCUT2D eigenvalue weighted by atomic mass is 10.2. The standard InChI is InChI=1S/C14H13ClFNO3S/c1-9-4-11(16)6-12(5-9)17-21(19,20)13-3-2-10(8-18)14(15)7-13/h2-7,17-18H,8H2,1H3. The molecule has 0 aliphatic rings. The molecule has 0 amide bonds. The number of halogens is 2. The third-order valence-electron chi connectivity index (χ3n) is 2.80. The predicted molar refractivity (Wildman–Crippen MR) is 79.3 cm³/mol. The van der Waals surface area contributed by atoms with Crippen LogP contribution in [0.2, 0.25) is 5.02 Å². The van der Waals surface area contributed by atoms with Crippen LogP contribution < -0.4 is 4.72 Å². The molecule has 4 nitrogen and oxygen atoms in total. The number of aryl methyl sites for hydroxylation is 1. The Morgan fingerprint density at radius 2 is 1.95 bits per heavy atom. The molecule has 2 N–H and O–H groups in total. The molecule has 2 aromatic rings. The van der Waals surface area contributed by atoms with Gasteiger partial charge in [-0.25, -0.2) is 12.8 Å². The van der Waals surface area contributed by atoms with Gasteiger partial charge in [0.2, 0.25) is 0 Å². The van der Waals surface area contributed by atoms with Crippen LogP contribution in [-0.4, -0.2) is 13.5 Å². The van der Waals surface area contributed by atoms with E-state index in [1.807, 2.05) is 0 Å². The van der Waals surface area contributed by atoms with Crippen molar-refractivity contribution < 1.29 is 17.9 Å². The smallest absolute Gasteiger partial charge is 0.261 e. The van der Waals surface area contributed by atoms with E-state index in [9.17, 15) is 12.8 Å². The number of aliphatic hydroxyl groups excluding tert-OH is 1. The number of aliphatic hydroxyl groups is 1. The second-order valence-corrected chi connectivity index (χ2v) is 6.62. The van der Waals surface area contributed by atoms with Crippen LogP contribution in [0.25, 0.3) is 0 Å². The summed E-state index contributed by atoms with van der Waals surface area (Å²) in [4.78, 5) is -0.0633. The van der Waals surface area contributed by atoms with Gasteiger partial charge in [-0.2, -0.15) is 0 Å². The second kappa shape index (κ2) is 6.01. The van der Waals surface area contributed by atoms with Crippen molar-refractivity contribution in [2.45, 2.75) is 18.4 Å². The van der Waals surface area contributed by atoms with E-state index >= 15 is 0 Å². The molecule has 2 rings (SSSR count). The molecule has 21 heavy (non-hydrogen) atoms. The molecule has 0 atom stereocenters. The highest BCUT2D eigenvalue weighted by Crippen LogP contribution is 2.23. The molecule has 0 unspecified atom stereocenters. The third kappa shape index (κ3) is 3.72. The van der Waals surface area contributed by atoms with E-state index in [0.29, 0.717) is 11.1 Å². The lowest BCUT2D eigenvalue weighted by molar-refractivity contribution is 0.282. The van der Waals surface area contributed by atoms with Gasteiger partial charge in [-0.3, -0.25) is 4.72 Å². The van der Waals surface area contributed by atoms with E-state index in [4.69, 9.17) is 16.7 Å². The van der Waals surface area contributed by atoms with Crippen LogP contribution in [-0.2, 0) is 16.6 Å². The van der Waals surface area contributed by atoms with Crippen molar-refractivity contribution in [2.75, 3.05) is 4.72 Å². The first-order chi connectivity index (χ1) is 9.81. The van der Waals surface area contributed by atoms with E-state index in [1.54, 1.807) is 6.92 Å². The molecular weight excluding hydrogens is 317 g/mol. The Bertz CT molecular complexity index is 758. The van der Waals surface area contributed by atoms with Gasteiger partial charge in [0, 0.05) is 5.02 Å². The summed E-state index contributed by atoms with van der Waals surface area (Å²) >= 11 is 5.88. The van der Waals surface area contributed by atoms with Gasteiger partial charge in [0.1, 0.15) is 5.82 Å². The van der Waals surface area contributed by atoms with Crippen LogP contribution in [0.15, 0.2) is 41.3 Å². The van der Waals surface area contributed by atoms with Crippen LogP contribution in [0.5, 0.6) is 0 Å². The summed E-state index contributed by atoms with van der Waals surface area (Å²) < 4.78 is 40.0. The molecule has 0 heterocycles. The van der Waals surface area contributed by atoms with E-state index in [2.05, 4.69) is 4.72 Å². The summed E-state index contributed by atoms with van der Waals surface area (Å²) in [5.74, 6) is -0.527. The van der Waals surface area contributed by atoms with Gasteiger partial charge in [-0.1, -0.05) is 17.7 Å². The Hall–Kier alpha value is -1.63. The summed E-state index contributed by atoms with van der Waals surface area (Å²) in [6.07, 6.45) is 0. The number of anilines is 1. The molecule has 0 bridgehead atoms. The fourth-order valence-corrected chi connectivity index (χ4v) is 3.20. The van der Waals surface area contributed by atoms with Crippen molar-refractivity contribution in [3.63, 3.8) is 0 Å². The minimum atomic E-state index is -3.88. The number of sulfonamides is 1. The molecule has 0 spiro atoms. The van der Waals surface area contributed by atoms with Crippen LogP contribution in [0, 0.1) is 12.7 Å². The minimum Gasteiger partial charge on any atom is -0.392 e. The highest BCUT2D eigenvalue weighted by atomic mass is 35.5. The van der Waals surface area contributed by atoms with E-state index < -0.39 is 15.8 Å². The van der Waals surface area contributed by atoms with Crippen LogP contribution in [0.1, 0.15) is 11.1 Å². The zero-order valence-corrected chi connectivity index (χ0v) is 12.7. The van der Waals surface area contributed by atoms with Crippen LogP contribution >= 0.6 is 11.6 Å². The first kappa shape index (κ1) is 15.8. The number of benzene rings is 2. The highest BCUT2D eigenvalue weighted by molar-refractivity contribution is 7.92. The molecule has 0 aliphatic carbocycles. The average molecular weight is 330 g/mol. The molecular formula is C14H13ClFNO3S. The SMILES string of the molecule is Cc1cc(F)cc(NS(=O)(=O)c2ccc(CO)c(Cl)c2)c1. The lowest BCUT2D eigenvalue weighted by Gasteiger charge is -2.10. The molecule has 2 aromatic carbocycles. The fourth-order valence-electron chi connectivity index (χ4n) is 1.83. The molecule has 0 saturated heterocycles. The first-order valence-corrected chi connectivity index (χ1v) is 7.87. The summed E-state index contributed by atoms with van der Waals surface area (Å²) in [6.45, 7) is 1.38. The van der Waals surface area contributed by atoms with Crippen molar-refractivity contribution in [3.8, 4) is 0 Å². The van der Waals surface area contributed by atoms with Crippen molar-refractivity contribution in [3.05, 3.63) is 58.4 Å². The van der Waals surface area contributed by atoms with Crippen molar-refractivity contribution in [2.24, 2.45) is 0 Å². The maximum atomic E-state index is 13.3. The summed E-state index contributed by atoms with van der Waals surface area (Å²) in [5, 5.41) is 9.17. The van der Waals surface area contributed by atoms with Gasteiger partial charge >= 0.3 is 0 Å². The van der Waals surface area contributed by atoms with E-state index in [1.165, 1.54) is 30.3 Å². The Morgan fingerprint density at radius 1 is 1.24 bits per heavy atom. The maximum Gasteiger partial charge on any atom is 0.261 e. The molecule has 7 heteroatoms. The average Bonchev–Trinajstić information content (AvgIpc) is 2.36. The Kier molecular flexibility index (Phi) is 4.51. The fraction of sp³-hybridized carbons (Fsp3) is 0.143. The second-order valence-electron chi connectivity index (χ2n) is 4.53. The van der Waals surface area contributed by atoms with Gasteiger partial charge in [0.05, 0.1) is 17.2 Å². The zero-order chi connectivity index (χ0) is 15.6. The molecule has 0 aromatic heterocycles. The van der Waals surface area contributed by atoms with Crippen LogP contribution in [0.4, 0.5) is 10.1 Å². The minimum absolute atomic E-state index is 0.0633. The molecule has 0 radical (unpaired) electrons. The summed E-state index contributed by atoms with van der Waals surface area (Å²) in [7, 11) is -3.88.